The summed E-state index contributed by atoms with van der Waals surface area (Å²) >= 11 is 0. The van der Waals surface area contributed by atoms with Gasteiger partial charge in [-0.15, -0.1) is 0 Å². The third-order valence-corrected chi connectivity index (χ3v) is 4.45. The van der Waals surface area contributed by atoms with Gasteiger partial charge in [0.05, 0.1) is 25.6 Å². The minimum absolute atomic E-state index is 0.112. The largest absolute Gasteiger partial charge is 0.497 e. The number of benzene rings is 2. The van der Waals surface area contributed by atoms with E-state index in [-0.39, 0.29) is 19.1 Å². The van der Waals surface area contributed by atoms with Crippen LogP contribution in [0.25, 0.3) is 11.1 Å². The van der Waals surface area contributed by atoms with E-state index in [1.165, 1.54) is 0 Å². The molecule has 1 amide bonds. The summed E-state index contributed by atoms with van der Waals surface area (Å²) in [6.45, 7) is 0.0285. The lowest BCUT2D eigenvalue weighted by molar-refractivity contribution is -0.192. The zero-order valence-electron chi connectivity index (χ0n) is 18.6. The molecule has 0 fully saturated rings. The van der Waals surface area contributed by atoms with Crippen LogP contribution in [0.15, 0.2) is 54.9 Å². The first-order valence-corrected chi connectivity index (χ1v) is 10.2. The van der Waals surface area contributed by atoms with Crippen molar-refractivity contribution < 1.29 is 42.4 Å². The van der Waals surface area contributed by atoms with Crippen LogP contribution in [0.4, 0.5) is 18.9 Å². The number of rotatable bonds is 9. The van der Waals surface area contributed by atoms with E-state index in [0.717, 1.165) is 22.4 Å². The third kappa shape index (κ3) is 9.01. The normalized spacial score (nSPS) is 10.7. The van der Waals surface area contributed by atoms with Crippen LogP contribution in [-0.2, 0) is 16.0 Å². The van der Waals surface area contributed by atoms with E-state index in [0.29, 0.717) is 24.3 Å². The van der Waals surface area contributed by atoms with E-state index in [1.807, 2.05) is 36.4 Å². The van der Waals surface area contributed by atoms with Crippen LogP contribution in [0, 0.1) is 0 Å². The number of aromatic amines is 1. The van der Waals surface area contributed by atoms with Crippen molar-refractivity contribution in [3.63, 3.8) is 0 Å². The predicted molar refractivity (Wildman–Crippen MR) is 120 cm³/mol. The molecule has 3 rings (SSSR count). The van der Waals surface area contributed by atoms with Gasteiger partial charge in [0, 0.05) is 18.2 Å². The molecule has 1 aromatic heterocycles. The van der Waals surface area contributed by atoms with Crippen molar-refractivity contribution in [3.8, 4) is 22.6 Å². The standard InChI is InChI=1S/C21H23N3O4.C2HF3O2/c1-27-18-4-2-3-15(11-18)5-8-21(26)24-19-7-6-16(17-13-22-23-14-17)12-20(19)28-10-9-25;3-2(4,5)1(6)7/h2-4,6-7,11-14,25H,5,8-10H2,1H3,(H,22,23)(H,24,26);(H,6,7). The monoisotopic (exact) mass is 495 g/mol. The van der Waals surface area contributed by atoms with E-state index in [9.17, 15) is 18.0 Å². The van der Waals surface area contributed by atoms with Crippen molar-refractivity contribution >= 4 is 17.6 Å². The fourth-order valence-electron chi connectivity index (χ4n) is 2.79. The molecule has 0 unspecified atom stereocenters. The summed E-state index contributed by atoms with van der Waals surface area (Å²) in [5, 5.41) is 25.8. The second-order valence-corrected chi connectivity index (χ2v) is 6.97. The van der Waals surface area contributed by atoms with Crippen LogP contribution in [0.3, 0.4) is 0 Å². The maximum absolute atomic E-state index is 12.4. The summed E-state index contributed by atoms with van der Waals surface area (Å²) in [4.78, 5) is 21.3. The maximum atomic E-state index is 12.4. The molecule has 0 bridgehead atoms. The summed E-state index contributed by atoms with van der Waals surface area (Å²) in [7, 11) is 1.62. The number of halogens is 3. The Kier molecular flexibility index (Phi) is 10.1. The Morgan fingerprint density at radius 3 is 2.49 bits per heavy atom. The highest BCUT2D eigenvalue weighted by Gasteiger charge is 2.38. The molecule has 188 valence electrons. The Morgan fingerprint density at radius 2 is 1.89 bits per heavy atom. The van der Waals surface area contributed by atoms with Gasteiger partial charge in [-0.1, -0.05) is 18.2 Å². The number of amides is 1. The van der Waals surface area contributed by atoms with Crippen molar-refractivity contribution in [3.05, 3.63) is 60.4 Å². The number of nitrogens with zero attached hydrogens (tertiary/aromatic N) is 1. The van der Waals surface area contributed by atoms with E-state index in [4.69, 9.17) is 24.5 Å². The van der Waals surface area contributed by atoms with Gasteiger partial charge in [-0.05, 0) is 41.8 Å². The number of H-pyrrole nitrogens is 1. The Morgan fingerprint density at radius 1 is 1.14 bits per heavy atom. The van der Waals surface area contributed by atoms with Crippen molar-refractivity contribution in [2.24, 2.45) is 0 Å². The summed E-state index contributed by atoms with van der Waals surface area (Å²) in [5.41, 5.74) is 3.40. The quantitative estimate of drug-likeness (QED) is 0.356. The molecule has 0 radical (unpaired) electrons. The van der Waals surface area contributed by atoms with Gasteiger partial charge in [-0.3, -0.25) is 9.89 Å². The molecule has 0 aliphatic carbocycles. The van der Waals surface area contributed by atoms with Crippen LogP contribution in [0.5, 0.6) is 11.5 Å². The summed E-state index contributed by atoms with van der Waals surface area (Å²) in [6.07, 6.45) is -0.672. The second kappa shape index (κ2) is 13.0. The number of carboxylic acids is 1. The van der Waals surface area contributed by atoms with Gasteiger partial charge in [0.25, 0.3) is 0 Å². The van der Waals surface area contributed by atoms with Crippen LogP contribution in [-0.4, -0.2) is 58.8 Å². The molecule has 1 heterocycles. The van der Waals surface area contributed by atoms with E-state index in [2.05, 4.69) is 15.5 Å². The smallest absolute Gasteiger partial charge is 0.490 e. The lowest BCUT2D eigenvalue weighted by Gasteiger charge is -2.13. The molecular formula is C23H24F3N3O6. The summed E-state index contributed by atoms with van der Waals surface area (Å²) in [5.74, 6) is -1.60. The number of aliphatic carboxylic acids is 1. The number of alkyl halides is 3. The van der Waals surface area contributed by atoms with Crippen molar-refractivity contribution in [2.75, 3.05) is 25.6 Å². The van der Waals surface area contributed by atoms with Crippen LogP contribution in [0.2, 0.25) is 0 Å². The molecule has 0 saturated carbocycles. The first-order chi connectivity index (χ1) is 16.6. The highest BCUT2D eigenvalue weighted by Crippen LogP contribution is 2.31. The van der Waals surface area contributed by atoms with Gasteiger partial charge in [0.1, 0.15) is 18.1 Å². The first-order valence-electron chi connectivity index (χ1n) is 10.2. The van der Waals surface area contributed by atoms with Gasteiger partial charge >= 0.3 is 12.1 Å². The van der Waals surface area contributed by atoms with Crippen LogP contribution >= 0.6 is 0 Å². The number of anilines is 1. The molecule has 2 aromatic carbocycles. The number of carbonyl (C=O) groups is 2. The average Bonchev–Trinajstić information content (AvgIpc) is 3.37. The van der Waals surface area contributed by atoms with Crippen molar-refractivity contribution in [1.82, 2.24) is 10.2 Å². The molecule has 0 aliphatic rings. The topological polar surface area (TPSA) is 134 Å². The van der Waals surface area contributed by atoms with E-state index in [1.54, 1.807) is 25.6 Å². The number of methoxy groups -OCH3 is 1. The SMILES string of the molecule is COc1cccc(CCC(=O)Nc2ccc(-c3cn[nH]c3)cc2OCCO)c1.O=C(O)C(F)(F)F. The number of aliphatic hydroxyl groups excluding tert-OH is 1. The molecule has 0 spiro atoms. The van der Waals surface area contributed by atoms with Crippen molar-refractivity contribution in [2.45, 2.75) is 19.0 Å². The van der Waals surface area contributed by atoms with Gasteiger partial charge in [-0.25, -0.2) is 4.79 Å². The molecule has 0 aliphatic heterocycles. The number of carbonyl (C=O) groups excluding carboxylic acids is 1. The molecule has 4 N–H and O–H groups in total. The predicted octanol–water partition coefficient (Wildman–Crippen LogP) is 3.66. The number of aromatic nitrogens is 2. The Labute approximate surface area is 198 Å². The molecule has 12 heteroatoms. The number of hydrogen-bond acceptors (Lipinski definition) is 6. The molecule has 0 atom stereocenters. The highest BCUT2D eigenvalue weighted by molar-refractivity contribution is 5.93. The second-order valence-electron chi connectivity index (χ2n) is 6.97. The first kappa shape index (κ1) is 27.2. The average molecular weight is 495 g/mol. The van der Waals surface area contributed by atoms with Gasteiger partial charge in [-0.2, -0.15) is 18.3 Å². The third-order valence-electron chi connectivity index (χ3n) is 4.45. The fourth-order valence-corrected chi connectivity index (χ4v) is 2.79. The number of hydrogen-bond donors (Lipinski definition) is 4. The summed E-state index contributed by atoms with van der Waals surface area (Å²) in [6, 6.07) is 13.1. The number of aliphatic hydroxyl groups is 1. The number of aryl methyl sites for hydroxylation is 1. The zero-order chi connectivity index (χ0) is 25.8. The van der Waals surface area contributed by atoms with E-state index >= 15 is 0 Å². The molecule has 0 saturated heterocycles. The van der Waals surface area contributed by atoms with Gasteiger partial charge in [0.15, 0.2) is 0 Å². The minimum atomic E-state index is -5.08. The molecule has 9 nitrogen and oxygen atoms in total. The maximum Gasteiger partial charge on any atom is 0.490 e. The minimum Gasteiger partial charge on any atom is -0.497 e. The number of ether oxygens (including phenoxy) is 2. The molecular weight excluding hydrogens is 471 g/mol. The van der Waals surface area contributed by atoms with E-state index < -0.39 is 12.1 Å². The highest BCUT2D eigenvalue weighted by atomic mass is 19.4. The summed E-state index contributed by atoms with van der Waals surface area (Å²) < 4.78 is 42.6. The van der Waals surface area contributed by atoms with Gasteiger partial charge < -0.3 is 25.0 Å². The lowest BCUT2D eigenvalue weighted by atomic mass is 10.1. The van der Waals surface area contributed by atoms with Gasteiger partial charge in [0.2, 0.25) is 5.91 Å². The lowest BCUT2D eigenvalue weighted by Crippen LogP contribution is -2.21. The zero-order valence-corrected chi connectivity index (χ0v) is 18.6. The number of nitrogens with one attached hydrogen (secondary N) is 2. The Hall–Kier alpha value is -4.06. The van der Waals surface area contributed by atoms with Crippen LogP contribution < -0.4 is 14.8 Å². The Balaban J connectivity index is 0.000000540. The number of carboxylic acid groups (broad SMARTS) is 1. The van der Waals surface area contributed by atoms with Crippen LogP contribution in [0.1, 0.15) is 12.0 Å². The van der Waals surface area contributed by atoms with Crippen molar-refractivity contribution in [1.29, 1.82) is 0 Å². The Bertz CT molecular complexity index is 1100. The molecule has 35 heavy (non-hydrogen) atoms. The molecule has 3 aromatic rings. The fraction of sp³-hybridized carbons (Fsp3) is 0.261.